The van der Waals surface area contributed by atoms with Crippen molar-refractivity contribution in [2.75, 3.05) is 5.73 Å². The fourth-order valence-electron chi connectivity index (χ4n) is 4.43. The number of β-lactam (4-membered cyclic amide) rings is 1. The molecule has 2 atom stereocenters. The van der Waals surface area contributed by atoms with Gasteiger partial charge in [-0.1, -0.05) is 60.7 Å². The van der Waals surface area contributed by atoms with Crippen LogP contribution < -0.4 is 5.73 Å². The van der Waals surface area contributed by atoms with E-state index < -0.39 is 29.7 Å². The monoisotopic (exact) mass is 443 g/mol. The van der Waals surface area contributed by atoms with Gasteiger partial charge >= 0.3 is 5.97 Å². The molecule has 0 radical (unpaired) electrons. The number of benzene rings is 2. The van der Waals surface area contributed by atoms with Gasteiger partial charge in [0.15, 0.2) is 0 Å². The maximum Gasteiger partial charge on any atom is 0.327 e. The molecule has 168 valence electrons. The van der Waals surface area contributed by atoms with Crippen LogP contribution in [0.5, 0.6) is 0 Å². The molecular weight excluding hydrogens is 418 g/mol. The Morgan fingerprint density at radius 1 is 1.00 bits per heavy atom. The summed E-state index contributed by atoms with van der Waals surface area (Å²) >= 11 is 0. The van der Waals surface area contributed by atoms with Crippen molar-refractivity contribution in [2.45, 2.75) is 31.2 Å². The average Bonchev–Trinajstić information content (AvgIpc) is 2.82. The zero-order chi connectivity index (χ0) is 23.4. The first kappa shape index (κ1) is 22.2. The molecular formula is C26H25N3O4. The molecule has 7 heteroatoms. The minimum absolute atomic E-state index is 0.0111. The van der Waals surface area contributed by atoms with Crippen molar-refractivity contribution >= 4 is 23.6 Å². The number of imide groups is 1. The molecule has 0 saturated carbocycles. The van der Waals surface area contributed by atoms with Crippen LogP contribution in [0.3, 0.4) is 0 Å². The van der Waals surface area contributed by atoms with E-state index in [1.165, 1.54) is 0 Å². The van der Waals surface area contributed by atoms with Crippen molar-refractivity contribution in [2.24, 2.45) is 5.92 Å². The van der Waals surface area contributed by atoms with Crippen molar-refractivity contribution < 1.29 is 19.5 Å². The number of carbonyl (C=O) groups is 3. The van der Waals surface area contributed by atoms with E-state index in [2.05, 4.69) is 4.98 Å². The largest absolute Gasteiger partial charge is 0.480 e. The van der Waals surface area contributed by atoms with Crippen molar-refractivity contribution in [3.05, 3.63) is 95.7 Å². The van der Waals surface area contributed by atoms with E-state index in [-0.39, 0.29) is 12.3 Å². The van der Waals surface area contributed by atoms with E-state index in [0.29, 0.717) is 18.7 Å². The lowest BCUT2D eigenvalue weighted by molar-refractivity contribution is -0.177. The highest BCUT2D eigenvalue weighted by atomic mass is 16.4. The fourth-order valence-corrected chi connectivity index (χ4v) is 4.43. The number of nitrogen functional groups attached to an aromatic ring is 1. The number of aryl methyl sites for hydroxylation is 1. The smallest absolute Gasteiger partial charge is 0.327 e. The van der Waals surface area contributed by atoms with Crippen molar-refractivity contribution in [1.82, 2.24) is 9.88 Å². The van der Waals surface area contributed by atoms with Crippen LogP contribution in [-0.4, -0.2) is 38.8 Å². The topological polar surface area (TPSA) is 114 Å². The zero-order valence-corrected chi connectivity index (χ0v) is 18.0. The Morgan fingerprint density at radius 3 is 2.15 bits per heavy atom. The van der Waals surface area contributed by atoms with Crippen LogP contribution in [0, 0.1) is 5.92 Å². The third kappa shape index (κ3) is 4.77. The number of carbonyl (C=O) groups excluding carboxylic acids is 2. The van der Waals surface area contributed by atoms with E-state index in [1.807, 2.05) is 60.7 Å². The third-order valence-corrected chi connectivity index (χ3v) is 6.11. The lowest BCUT2D eigenvalue weighted by atomic mass is 9.81. The van der Waals surface area contributed by atoms with Gasteiger partial charge in [-0.2, -0.15) is 0 Å². The van der Waals surface area contributed by atoms with E-state index in [4.69, 9.17) is 5.73 Å². The molecule has 0 unspecified atom stereocenters. The van der Waals surface area contributed by atoms with Crippen molar-refractivity contribution in [3.63, 3.8) is 0 Å². The molecule has 1 aliphatic heterocycles. The Kier molecular flexibility index (Phi) is 6.49. The molecule has 0 aliphatic carbocycles. The Bertz CT molecular complexity index is 1110. The number of pyridine rings is 1. The Balaban J connectivity index is 1.50. The molecule has 2 amide bonds. The SMILES string of the molecule is Nc1cc(CC[C@H]2C(=O)N(C(=O)CC(c3ccccc3)c3ccccc3)[C@@H]2C(=O)O)ccn1. The summed E-state index contributed by atoms with van der Waals surface area (Å²) < 4.78 is 0. The van der Waals surface area contributed by atoms with Gasteiger partial charge in [-0.25, -0.2) is 9.78 Å². The lowest BCUT2D eigenvalue weighted by Crippen LogP contribution is -2.66. The summed E-state index contributed by atoms with van der Waals surface area (Å²) in [6, 6.07) is 21.4. The predicted octanol–water partition coefficient (Wildman–Crippen LogP) is 3.26. The fraction of sp³-hybridized carbons (Fsp3) is 0.231. The minimum atomic E-state index is -1.17. The summed E-state index contributed by atoms with van der Waals surface area (Å²) in [5.74, 6) is -2.73. The number of nitrogens with two attached hydrogens (primary N) is 1. The second-order valence-corrected chi connectivity index (χ2v) is 8.20. The molecule has 33 heavy (non-hydrogen) atoms. The Labute approximate surface area is 191 Å². The molecule has 2 aromatic carbocycles. The van der Waals surface area contributed by atoms with Gasteiger partial charge in [0.2, 0.25) is 11.8 Å². The molecule has 4 rings (SSSR count). The maximum absolute atomic E-state index is 13.2. The molecule has 3 aromatic rings. The number of nitrogens with zero attached hydrogens (tertiary/aromatic N) is 2. The molecule has 7 nitrogen and oxygen atoms in total. The summed E-state index contributed by atoms with van der Waals surface area (Å²) in [5, 5.41) is 9.77. The predicted molar refractivity (Wildman–Crippen MR) is 123 cm³/mol. The van der Waals surface area contributed by atoms with Gasteiger partial charge in [-0.15, -0.1) is 0 Å². The normalized spacial score (nSPS) is 17.6. The lowest BCUT2D eigenvalue weighted by Gasteiger charge is -2.43. The number of amides is 2. The minimum Gasteiger partial charge on any atom is -0.480 e. The van der Waals surface area contributed by atoms with Gasteiger partial charge in [-0.3, -0.25) is 14.5 Å². The second-order valence-electron chi connectivity index (χ2n) is 8.20. The van der Waals surface area contributed by atoms with Crippen LogP contribution in [0.15, 0.2) is 79.0 Å². The van der Waals surface area contributed by atoms with Crippen molar-refractivity contribution in [3.8, 4) is 0 Å². The van der Waals surface area contributed by atoms with Crippen LogP contribution in [0.1, 0.15) is 35.4 Å². The Morgan fingerprint density at radius 2 is 1.61 bits per heavy atom. The number of rotatable bonds is 8. The van der Waals surface area contributed by atoms with E-state index in [9.17, 15) is 19.5 Å². The van der Waals surface area contributed by atoms with Gasteiger partial charge in [-0.05, 0) is 41.7 Å². The summed E-state index contributed by atoms with van der Waals surface area (Å²) in [6.45, 7) is 0. The number of anilines is 1. The number of carboxylic acid groups (broad SMARTS) is 1. The molecule has 3 N–H and O–H groups in total. The van der Waals surface area contributed by atoms with Crippen LogP contribution in [0.4, 0.5) is 5.82 Å². The first-order valence-corrected chi connectivity index (χ1v) is 10.8. The van der Waals surface area contributed by atoms with E-state index in [1.54, 1.807) is 18.3 Å². The summed E-state index contributed by atoms with van der Waals surface area (Å²) in [6.07, 6.45) is 2.39. The highest BCUT2D eigenvalue weighted by molar-refractivity contribution is 6.08. The first-order chi connectivity index (χ1) is 16.0. The summed E-state index contributed by atoms with van der Waals surface area (Å²) in [4.78, 5) is 42.9. The quantitative estimate of drug-likeness (QED) is 0.517. The highest BCUT2D eigenvalue weighted by Gasteiger charge is 2.54. The second kappa shape index (κ2) is 9.65. The first-order valence-electron chi connectivity index (χ1n) is 10.8. The van der Waals surface area contributed by atoms with Crippen LogP contribution in [0.25, 0.3) is 0 Å². The molecule has 0 bridgehead atoms. The molecule has 1 aliphatic rings. The number of aromatic nitrogens is 1. The molecule has 2 heterocycles. The van der Waals surface area contributed by atoms with Crippen LogP contribution >= 0.6 is 0 Å². The number of aliphatic carboxylic acids is 1. The third-order valence-electron chi connectivity index (χ3n) is 6.11. The van der Waals surface area contributed by atoms with Crippen LogP contribution in [0.2, 0.25) is 0 Å². The average molecular weight is 444 g/mol. The number of hydrogen-bond acceptors (Lipinski definition) is 5. The summed E-state index contributed by atoms with van der Waals surface area (Å²) in [7, 11) is 0. The van der Waals surface area contributed by atoms with E-state index in [0.717, 1.165) is 21.6 Å². The number of likely N-dealkylation sites (tertiary alicyclic amines) is 1. The van der Waals surface area contributed by atoms with Gasteiger partial charge in [0.1, 0.15) is 11.9 Å². The Hall–Kier alpha value is -4.00. The number of hydrogen-bond donors (Lipinski definition) is 2. The summed E-state index contributed by atoms with van der Waals surface area (Å²) in [5.41, 5.74) is 8.43. The van der Waals surface area contributed by atoms with Gasteiger partial charge in [0.05, 0.1) is 5.92 Å². The maximum atomic E-state index is 13.2. The van der Waals surface area contributed by atoms with E-state index >= 15 is 0 Å². The molecule has 0 spiro atoms. The van der Waals surface area contributed by atoms with Gasteiger partial charge < -0.3 is 10.8 Å². The number of carboxylic acids is 1. The van der Waals surface area contributed by atoms with Crippen LogP contribution in [-0.2, 0) is 20.8 Å². The van der Waals surface area contributed by atoms with Gasteiger partial charge in [0, 0.05) is 18.5 Å². The van der Waals surface area contributed by atoms with Crippen molar-refractivity contribution in [1.29, 1.82) is 0 Å². The highest BCUT2D eigenvalue weighted by Crippen LogP contribution is 2.35. The molecule has 1 aromatic heterocycles. The molecule has 1 fully saturated rings. The molecule has 1 saturated heterocycles. The zero-order valence-electron chi connectivity index (χ0n) is 18.0. The van der Waals surface area contributed by atoms with Gasteiger partial charge in [0.25, 0.3) is 0 Å². The standard InChI is InChI=1S/C26H25N3O4/c27-22-15-17(13-14-28-22)11-12-20-24(26(32)33)29(25(20)31)23(30)16-21(18-7-3-1-4-8-18)19-9-5-2-6-10-19/h1-10,13-15,20-21,24H,11-12,16H2,(H2,27,28)(H,32,33)/t20-,24+/m1/s1.